The molecule has 34 heavy (non-hydrogen) atoms. The Kier molecular flexibility index (Phi) is 5.87. The molecule has 7 atom stereocenters. The molecular formula is C30H40ClNO2. The lowest BCUT2D eigenvalue weighted by atomic mass is 9.45. The molecule has 4 fully saturated rings. The van der Waals surface area contributed by atoms with Crippen LogP contribution in [-0.4, -0.2) is 4.98 Å². The number of nitrogens with zero attached hydrogens (tertiary/aromatic N) is 1. The largest absolute Gasteiger partial charge is 0.408 e. The van der Waals surface area contributed by atoms with Crippen LogP contribution in [0.5, 0.6) is 0 Å². The summed E-state index contributed by atoms with van der Waals surface area (Å²) in [6.45, 7) is 5.32. The Bertz CT molecular complexity index is 1130. The first kappa shape index (κ1) is 23.1. The van der Waals surface area contributed by atoms with Crippen molar-refractivity contribution in [3.05, 3.63) is 39.5 Å². The van der Waals surface area contributed by atoms with Crippen LogP contribution in [0.15, 0.2) is 27.4 Å². The van der Waals surface area contributed by atoms with Crippen LogP contribution in [-0.2, 0) is 6.42 Å². The summed E-state index contributed by atoms with van der Waals surface area (Å²) in [4.78, 5) is 17.0. The van der Waals surface area contributed by atoms with Crippen LogP contribution in [0.25, 0.3) is 10.9 Å². The second-order valence-electron chi connectivity index (χ2n) is 12.7. The molecule has 3 nitrogen and oxygen atoms in total. The summed E-state index contributed by atoms with van der Waals surface area (Å²) in [5, 5.41) is 1.01. The molecule has 0 N–H and O–H groups in total. The lowest BCUT2D eigenvalue weighted by Crippen LogP contribution is -2.52. The van der Waals surface area contributed by atoms with E-state index in [-0.39, 0.29) is 5.63 Å². The summed E-state index contributed by atoms with van der Waals surface area (Å²) in [6.07, 6.45) is 17.7. The Morgan fingerprint density at radius 1 is 1.00 bits per heavy atom. The van der Waals surface area contributed by atoms with E-state index in [0.29, 0.717) is 32.6 Å². The van der Waals surface area contributed by atoms with Gasteiger partial charge in [-0.15, -0.1) is 0 Å². The molecule has 7 unspecified atom stereocenters. The monoisotopic (exact) mass is 481 g/mol. The fourth-order valence-electron chi connectivity index (χ4n) is 9.57. The molecular weight excluding hydrogens is 442 g/mol. The zero-order valence-electron chi connectivity index (χ0n) is 21.0. The number of benzene rings is 1. The molecule has 6 rings (SSSR count). The number of rotatable bonds is 4. The van der Waals surface area contributed by atoms with Crippen molar-refractivity contribution in [2.75, 3.05) is 0 Å². The van der Waals surface area contributed by atoms with Gasteiger partial charge in [-0.3, -0.25) is 0 Å². The summed E-state index contributed by atoms with van der Waals surface area (Å²) in [5.41, 5.74) is 1.51. The normalized spacial score (nSPS) is 39.4. The second kappa shape index (κ2) is 8.64. The van der Waals surface area contributed by atoms with Gasteiger partial charge >= 0.3 is 5.63 Å². The van der Waals surface area contributed by atoms with Gasteiger partial charge in [0.2, 0.25) is 0 Å². The third kappa shape index (κ3) is 3.67. The zero-order valence-corrected chi connectivity index (χ0v) is 21.7. The van der Waals surface area contributed by atoms with E-state index < -0.39 is 0 Å². The first-order valence-corrected chi connectivity index (χ1v) is 14.4. The Hall–Kier alpha value is -1.35. The molecule has 1 heterocycles. The summed E-state index contributed by atoms with van der Waals surface area (Å²) in [7, 11) is 0. The summed E-state index contributed by atoms with van der Waals surface area (Å²) < 4.78 is 5.55. The Morgan fingerprint density at radius 2 is 1.85 bits per heavy atom. The van der Waals surface area contributed by atoms with E-state index in [2.05, 4.69) is 18.8 Å². The number of halogens is 1. The van der Waals surface area contributed by atoms with Crippen LogP contribution in [0.3, 0.4) is 0 Å². The highest BCUT2D eigenvalue weighted by Gasteiger charge is 2.59. The topological polar surface area (TPSA) is 43.1 Å². The summed E-state index contributed by atoms with van der Waals surface area (Å²) in [5.74, 6) is 5.26. The fourth-order valence-corrected chi connectivity index (χ4v) is 9.75. The smallest absolute Gasteiger partial charge is 0.346 e. The van der Waals surface area contributed by atoms with Gasteiger partial charge in [-0.2, -0.15) is 0 Å². The molecule has 0 amide bonds. The molecule has 4 aliphatic rings. The molecule has 1 aromatic carbocycles. The van der Waals surface area contributed by atoms with E-state index in [1.807, 2.05) is 6.07 Å². The summed E-state index contributed by atoms with van der Waals surface area (Å²) in [6, 6.07) is 5.26. The van der Waals surface area contributed by atoms with Gasteiger partial charge in [0.05, 0.1) is 10.9 Å². The fraction of sp³-hybridized carbons (Fsp3) is 0.733. The maximum Gasteiger partial charge on any atom is 0.346 e. The lowest BCUT2D eigenvalue weighted by molar-refractivity contribution is -0.111. The van der Waals surface area contributed by atoms with Crippen LogP contribution in [0.1, 0.15) is 96.8 Å². The first-order chi connectivity index (χ1) is 16.4. The van der Waals surface area contributed by atoms with Crippen LogP contribution >= 0.6 is 11.6 Å². The van der Waals surface area contributed by atoms with Crippen LogP contribution < -0.4 is 5.63 Å². The van der Waals surface area contributed by atoms with Crippen molar-refractivity contribution < 1.29 is 4.42 Å². The van der Waals surface area contributed by atoms with E-state index in [0.717, 1.165) is 42.4 Å². The highest BCUT2D eigenvalue weighted by molar-refractivity contribution is 6.31. The Morgan fingerprint density at radius 3 is 2.74 bits per heavy atom. The van der Waals surface area contributed by atoms with E-state index in [1.54, 1.807) is 12.1 Å². The van der Waals surface area contributed by atoms with Gasteiger partial charge in [0.25, 0.3) is 0 Å². The molecule has 184 valence electrons. The van der Waals surface area contributed by atoms with E-state index in [9.17, 15) is 4.79 Å². The average molecular weight is 482 g/mol. The van der Waals surface area contributed by atoms with E-state index >= 15 is 0 Å². The highest BCUT2D eigenvalue weighted by atomic mass is 35.5. The molecule has 4 heteroatoms. The van der Waals surface area contributed by atoms with Gasteiger partial charge in [-0.25, -0.2) is 9.78 Å². The highest BCUT2D eigenvalue weighted by Crippen LogP contribution is 2.67. The minimum atomic E-state index is -0.319. The van der Waals surface area contributed by atoms with Crippen molar-refractivity contribution in [2.24, 2.45) is 40.4 Å². The first-order valence-electron chi connectivity index (χ1n) is 14.0. The standard InChI is InChI=1S/C30H40ClNO2/c1-29-16-4-3-6-19(29)9-12-22-24-13-10-20(30(24,2)17-15-25(22)29)7-5-8-27-32-26-14-11-21(31)18-23(26)28(33)34-27/h11,14,18-20,22,24-25H,3-10,12-13,15-17H2,1-2H3. The molecule has 0 bridgehead atoms. The predicted octanol–water partition coefficient (Wildman–Crippen LogP) is 8.21. The Balaban J connectivity index is 1.13. The third-order valence-electron chi connectivity index (χ3n) is 11.4. The van der Waals surface area contributed by atoms with Crippen molar-refractivity contribution in [3.8, 4) is 0 Å². The van der Waals surface area contributed by atoms with Crippen LogP contribution in [0.2, 0.25) is 5.02 Å². The van der Waals surface area contributed by atoms with Gasteiger partial charge in [0.15, 0.2) is 5.89 Å². The van der Waals surface area contributed by atoms with E-state index in [1.165, 1.54) is 70.6 Å². The minimum absolute atomic E-state index is 0.319. The SMILES string of the molecule is CC12CCCCC1CCC1C2CCC2(C)C(CCCc3nc4ccc(Cl)cc4c(=O)o3)CCC12. The number of hydrogen-bond acceptors (Lipinski definition) is 3. The van der Waals surface area contributed by atoms with Crippen LogP contribution in [0.4, 0.5) is 0 Å². The van der Waals surface area contributed by atoms with Gasteiger partial charge in [0, 0.05) is 11.4 Å². The van der Waals surface area contributed by atoms with Gasteiger partial charge in [0.1, 0.15) is 0 Å². The molecule has 0 aliphatic heterocycles. The maximum absolute atomic E-state index is 12.4. The zero-order chi connectivity index (χ0) is 23.5. The second-order valence-corrected chi connectivity index (χ2v) is 13.1. The number of hydrogen-bond donors (Lipinski definition) is 0. The number of aryl methyl sites for hydroxylation is 1. The van der Waals surface area contributed by atoms with Gasteiger partial charge in [-0.1, -0.05) is 38.3 Å². The van der Waals surface area contributed by atoms with Crippen LogP contribution in [0, 0.1) is 40.4 Å². The van der Waals surface area contributed by atoms with Crippen molar-refractivity contribution >= 4 is 22.5 Å². The van der Waals surface area contributed by atoms with Crippen molar-refractivity contribution in [1.82, 2.24) is 4.98 Å². The van der Waals surface area contributed by atoms with Gasteiger partial charge < -0.3 is 4.42 Å². The summed E-state index contributed by atoms with van der Waals surface area (Å²) >= 11 is 6.03. The number of fused-ring (bicyclic) bond motifs is 6. The number of aromatic nitrogens is 1. The quantitative estimate of drug-likeness (QED) is 0.441. The van der Waals surface area contributed by atoms with Gasteiger partial charge in [-0.05, 0) is 123 Å². The molecule has 1 aromatic heterocycles. The molecule has 0 spiro atoms. The molecule has 0 radical (unpaired) electrons. The third-order valence-corrected chi connectivity index (χ3v) is 11.6. The molecule has 4 saturated carbocycles. The van der Waals surface area contributed by atoms with Crippen molar-refractivity contribution in [3.63, 3.8) is 0 Å². The minimum Gasteiger partial charge on any atom is -0.408 e. The maximum atomic E-state index is 12.4. The average Bonchev–Trinajstić information content (AvgIpc) is 3.15. The van der Waals surface area contributed by atoms with Crippen molar-refractivity contribution in [1.29, 1.82) is 0 Å². The molecule has 2 aromatic rings. The van der Waals surface area contributed by atoms with Crippen molar-refractivity contribution in [2.45, 2.75) is 97.3 Å². The Labute approximate surface area is 209 Å². The molecule has 0 saturated heterocycles. The van der Waals surface area contributed by atoms with E-state index in [4.69, 9.17) is 16.0 Å². The lowest BCUT2D eigenvalue weighted by Gasteiger charge is -2.60. The predicted molar refractivity (Wildman–Crippen MR) is 138 cm³/mol. The molecule has 4 aliphatic carbocycles.